The van der Waals surface area contributed by atoms with Gasteiger partial charge in [0.05, 0.1) is 22.3 Å². The first-order valence-electron chi connectivity index (χ1n) is 9.77. The molecule has 1 heterocycles. The molecule has 0 saturated heterocycles. The fraction of sp³-hybridized carbons (Fsp3) is 0.0833. The van der Waals surface area contributed by atoms with Gasteiger partial charge in [0.15, 0.2) is 0 Å². The first-order chi connectivity index (χ1) is 15.8. The van der Waals surface area contributed by atoms with Crippen LogP contribution >= 0.6 is 11.6 Å². The van der Waals surface area contributed by atoms with Crippen molar-refractivity contribution in [2.45, 2.75) is 13.8 Å². The van der Waals surface area contributed by atoms with Gasteiger partial charge in [-0.3, -0.25) is 19.8 Å². The molecule has 0 atom stereocenters. The quantitative estimate of drug-likeness (QED) is 0.147. The average Bonchev–Trinajstić information content (AvgIpc) is 2.74. The van der Waals surface area contributed by atoms with Gasteiger partial charge in [-0.25, -0.2) is 0 Å². The molecule has 33 heavy (non-hydrogen) atoms. The first kappa shape index (κ1) is 22.0. The highest BCUT2D eigenvalue weighted by Gasteiger charge is 2.18. The number of hydrogen-bond acceptors (Lipinski definition) is 8. The smallest absolute Gasteiger partial charge is 0.308 e. The van der Waals surface area contributed by atoms with Crippen molar-refractivity contribution in [1.82, 2.24) is 0 Å². The molecule has 166 valence electrons. The van der Waals surface area contributed by atoms with Crippen LogP contribution in [0.3, 0.4) is 0 Å². The Bertz CT molecular complexity index is 1490. The summed E-state index contributed by atoms with van der Waals surface area (Å²) in [6.07, 6.45) is 1.49. The molecule has 0 aliphatic rings. The van der Waals surface area contributed by atoms with Crippen molar-refractivity contribution in [2.75, 3.05) is 5.43 Å². The van der Waals surface area contributed by atoms with Crippen molar-refractivity contribution in [3.05, 3.63) is 75.4 Å². The van der Waals surface area contributed by atoms with Gasteiger partial charge in [0.25, 0.3) is 0 Å². The molecule has 0 bridgehead atoms. The average molecular weight is 465 g/mol. The van der Waals surface area contributed by atoms with Gasteiger partial charge in [-0.05, 0) is 24.3 Å². The van der Waals surface area contributed by atoms with Crippen LogP contribution in [-0.2, 0) is 9.59 Å². The maximum Gasteiger partial charge on any atom is 0.308 e. The number of nitrogens with zero attached hydrogens (tertiary/aromatic N) is 1. The minimum absolute atomic E-state index is 0.0527. The molecule has 0 spiro atoms. The third-order valence-electron chi connectivity index (χ3n) is 4.55. The molecule has 4 rings (SSSR count). The Morgan fingerprint density at radius 1 is 1.03 bits per heavy atom. The van der Waals surface area contributed by atoms with E-state index in [0.717, 1.165) is 0 Å². The molecule has 0 radical (unpaired) electrons. The van der Waals surface area contributed by atoms with Gasteiger partial charge in [0, 0.05) is 31.5 Å². The summed E-state index contributed by atoms with van der Waals surface area (Å²) in [4.78, 5) is 36.3. The number of hydrazone groups is 1. The van der Waals surface area contributed by atoms with Crippen molar-refractivity contribution >= 4 is 57.4 Å². The minimum Gasteiger partial charge on any atom is -0.455 e. The van der Waals surface area contributed by atoms with Gasteiger partial charge in [0.2, 0.25) is 5.43 Å². The number of rotatable bonds is 5. The van der Waals surface area contributed by atoms with Crippen LogP contribution in [0.15, 0.2) is 68.9 Å². The molecular weight excluding hydrogens is 448 g/mol. The normalized spacial score (nSPS) is 11.1. The summed E-state index contributed by atoms with van der Waals surface area (Å²) < 4.78 is 16.3. The number of carbonyl (C=O) groups excluding carboxylic acids is 2. The standard InChI is InChI=1S/C24H17ClN2O6/c1-13(28)31-16-10-20(32-14(2)29)22-21(11-16)33-24-15(6-5-7-17(24)23(22)30)12-26-27-19-9-4-3-8-18(19)25/h3-12,27H,1-2H3/b26-12-. The van der Waals surface area contributed by atoms with E-state index in [2.05, 4.69) is 10.5 Å². The third-order valence-corrected chi connectivity index (χ3v) is 4.88. The third kappa shape index (κ3) is 4.70. The number of nitrogens with one attached hydrogen (secondary N) is 1. The molecule has 9 heteroatoms. The lowest BCUT2D eigenvalue weighted by Crippen LogP contribution is -2.10. The van der Waals surface area contributed by atoms with Crippen LogP contribution in [0, 0.1) is 0 Å². The fourth-order valence-corrected chi connectivity index (χ4v) is 3.43. The van der Waals surface area contributed by atoms with Crippen molar-refractivity contribution in [2.24, 2.45) is 5.10 Å². The SMILES string of the molecule is CC(=O)Oc1cc(OC(C)=O)c2c(=O)c3cccc(/C=N\Nc4ccccc4Cl)c3oc2c1. The van der Waals surface area contributed by atoms with Gasteiger partial charge in [-0.2, -0.15) is 5.10 Å². The maximum atomic E-state index is 13.3. The van der Waals surface area contributed by atoms with Gasteiger partial charge >= 0.3 is 11.9 Å². The first-order valence-corrected chi connectivity index (χ1v) is 10.2. The van der Waals surface area contributed by atoms with E-state index < -0.39 is 17.4 Å². The summed E-state index contributed by atoms with van der Waals surface area (Å²) >= 11 is 6.12. The van der Waals surface area contributed by atoms with Crippen LogP contribution in [0.4, 0.5) is 5.69 Å². The Morgan fingerprint density at radius 2 is 1.79 bits per heavy atom. The predicted octanol–water partition coefficient (Wildman–Crippen LogP) is 4.90. The van der Waals surface area contributed by atoms with Gasteiger partial charge in [-0.15, -0.1) is 0 Å². The van der Waals surface area contributed by atoms with Crippen LogP contribution in [0.2, 0.25) is 5.02 Å². The zero-order valence-corrected chi connectivity index (χ0v) is 18.3. The van der Waals surface area contributed by atoms with Gasteiger partial charge < -0.3 is 13.9 Å². The molecule has 1 N–H and O–H groups in total. The number of benzene rings is 3. The summed E-state index contributed by atoms with van der Waals surface area (Å²) in [6, 6.07) is 14.8. The van der Waals surface area contributed by atoms with Gasteiger partial charge in [-0.1, -0.05) is 29.8 Å². The number of ether oxygens (including phenoxy) is 2. The topological polar surface area (TPSA) is 107 Å². The highest BCUT2D eigenvalue weighted by atomic mass is 35.5. The molecule has 3 aromatic carbocycles. The Morgan fingerprint density at radius 3 is 2.52 bits per heavy atom. The molecule has 4 aromatic rings. The zero-order chi connectivity index (χ0) is 23.5. The molecule has 8 nitrogen and oxygen atoms in total. The largest absolute Gasteiger partial charge is 0.455 e. The summed E-state index contributed by atoms with van der Waals surface area (Å²) in [5, 5.41) is 5.00. The van der Waals surface area contributed by atoms with E-state index in [0.29, 0.717) is 16.3 Å². The summed E-state index contributed by atoms with van der Waals surface area (Å²) in [5.41, 5.74) is 3.90. The summed E-state index contributed by atoms with van der Waals surface area (Å²) in [6.45, 7) is 2.43. The Labute approximate surface area is 192 Å². The van der Waals surface area contributed by atoms with E-state index >= 15 is 0 Å². The van der Waals surface area contributed by atoms with Crippen molar-refractivity contribution in [3.8, 4) is 11.5 Å². The molecule has 1 aromatic heterocycles. The van der Waals surface area contributed by atoms with E-state index in [9.17, 15) is 14.4 Å². The van der Waals surface area contributed by atoms with Crippen LogP contribution in [0.25, 0.3) is 21.9 Å². The second-order valence-corrected chi connectivity index (χ2v) is 7.39. The van der Waals surface area contributed by atoms with Crippen LogP contribution in [0.1, 0.15) is 19.4 Å². The summed E-state index contributed by atoms with van der Waals surface area (Å²) in [7, 11) is 0. The maximum absolute atomic E-state index is 13.3. The number of para-hydroxylation sites is 2. The molecule has 0 unspecified atom stereocenters. The monoisotopic (exact) mass is 464 g/mol. The number of hydrogen-bond donors (Lipinski definition) is 1. The lowest BCUT2D eigenvalue weighted by molar-refractivity contribution is -0.132. The number of anilines is 1. The second-order valence-electron chi connectivity index (χ2n) is 6.99. The highest BCUT2D eigenvalue weighted by Crippen LogP contribution is 2.32. The Balaban J connectivity index is 1.86. The molecular formula is C24H17ClN2O6. The highest BCUT2D eigenvalue weighted by molar-refractivity contribution is 6.33. The van der Waals surface area contributed by atoms with Crippen LogP contribution < -0.4 is 20.3 Å². The van der Waals surface area contributed by atoms with Crippen molar-refractivity contribution < 1.29 is 23.5 Å². The van der Waals surface area contributed by atoms with Gasteiger partial charge in [0.1, 0.15) is 28.1 Å². The number of esters is 2. The molecule has 0 aliphatic carbocycles. The number of halogens is 1. The van der Waals surface area contributed by atoms with Crippen LogP contribution in [-0.4, -0.2) is 18.2 Å². The van der Waals surface area contributed by atoms with Crippen molar-refractivity contribution in [3.63, 3.8) is 0 Å². The second kappa shape index (κ2) is 9.13. The Kier molecular flexibility index (Phi) is 6.10. The lowest BCUT2D eigenvalue weighted by atomic mass is 10.1. The minimum atomic E-state index is -0.637. The lowest BCUT2D eigenvalue weighted by Gasteiger charge is -2.10. The predicted molar refractivity (Wildman–Crippen MR) is 125 cm³/mol. The van der Waals surface area contributed by atoms with E-state index in [1.54, 1.807) is 36.4 Å². The van der Waals surface area contributed by atoms with E-state index in [1.165, 1.54) is 32.2 Å². The zero-order valence-electron chi connectivity index (χ0n) is 17.5. The van der Waals surface area contributed by atoms with E-state index in [1.807, 2.05) is 6.07 Å². The van der Waals surface area contributed by atoms with E-state index in [4.69, 9.17) is 25.5 Å². The number of fused-ring (bicyclic) bond motifs is 2. The summed E-state index contributed by atoms with van der Waals surface area (Å²) in [5.74, 6) is -1.21. The van der Waals surface area contributed by atoms with E-state index in [-0.39, 0.29) is 33.4 Å². The molecule has 0 fully saturated rings. The molecule has 0 aliphatic heterocycles. The molecule has 0 amide bonds. The number of carbonyl (C=O) groups is 2. The van der Waals surface area contributed by atoms with Crippen molar-refractivity contribution in [1.29, 1.82) is 0 Å². The molecule has 0 saturated carbocycles. The van der Waals surface area contributed by atoms with Crippen LogP contribution in [0.5, 0.6) is 11.5 Å². The fourth-order valence-electron chi connectivity index (χ4n) is 3.25. The Hall–Kier alpha value is -4.17.